The molecule has 1 fully saturated rings. The molecule has 3 aromatic rings. The Morgan fingerprint density at radius 3 is 2.70 bits per heavy atom. The van der Waals surface area contributed by atoms with Crippen LogP contribution in [0, 0.1) is 0 Å². The van der Waals surface area contributed by atoms with Gasteiger partial charge in [0.15, 0.2) is 0 Å². The van der Waals surface area contributed by atoms with Crippen molar-refractivity contribution in [2.45, 2.75) is 32.1 Å². The standard InChI is InChI=1S/C28H29N3O2/c32-27(12-7-17-31-15-4-1-5-16-31)29-22-13-14-26-24(19-22)25(28(33)30-26)18-21-10-6-9-20-8-2-3-11-23(20)21/h2-3,6,8-11,13-14,18-19H,1,4-5,7,12,15-17H2,(H,29,32)(H,30,33)/b25-18+. The van der Waals surface area contributed by atoms with Gasteiger partial charge in [-0.05, 0) is 79.5 Å². The quantitative estimate of drug-likeness (QED) is 0.496. The third-order valence-electron chi connectivity index (χ3n) is 6.54. The molecule has 3 aromatic carbocycles. The van der Waals surface area contributed by atoms with E-state index in [0.717, 1.165) is 59.3 Å². The van der Waals surface area contributed by atoms with Gasteiger partial charge in [-0.25, -0.2) is 0 Å². The molecule has 0 aliphatic carbocycles. The van der Waals surface area contributed by atoms with Crippen LogP contribution in [0.1, 0.15) is 43.2 Å². The van der Waals surface area contributed by atoms with Crippen LogP contribution in [0.5, 0.6) is 0 Å². The van der Waals surface area contributed by atoms with Gasteiger partial charge in [-0.3, -0.25) is 9.59 Å². The zero-order valence-electron chi connectivity index (χ0n) is 18.8. The highest BCUT2D eigenvalue weighted by Gasteiger charge is 2.25. The number of nitrogens with zero attached hydrogens (tertiary/aromatic N) is 1. The van der Waals surface area contributed by atoms with E-state index in [1.807, 2.05) is 48.5 Å². The van der Waals surface area contributed by atoms with Crippen LogP contribution >= 0.6 is 0 Å². The Hall–Kier alpha value is -3.44. The van der Waals surface area contributed by atoms with Gasteiger partial charge in [-0.1, -0.05) is 48.9 Å². The number of benzene rings is 3. The predicted octanol–water partition coefficient (Wildman–Crippen LogP) is 5.54. The molecule has 0 aromatic heterocycles. The second-order valence-electron chi connectivity index (χ2n) is 8.89. The van der Waals surface area contributed by atoms with Crippen molar-refractivity contribution in [1.82, 2.24) is 4.90 Å². The van der Waals surface area contributed by atoms with E-state index in [9.17, 15) is 9.59 Å². The lowest BCUT2D eigenvalue weighted by molar-refractivity contribution is -0.116. The minimum Gasteiger partial charge on any atom is -0.326 e. The lowest BCUT2D eigenvalue weighted by atomic mass is 9.99. The van der Waals surface area contributed by atoms with Crippen LogP contribution in [0.15, 0.2) is 60.7 Å². The topological polar surface area (TPSA) is 61.4 Å². The van der Waals surface area contributed by atoms with Gasteiger partial charge in [0.2, 0.25) is 5.91 Å². The van der Waals surface area contributed by atoms with Gasteiger partial charge in [0, 0.05) is 28.9 Å². The molecular weight excluding hydrogens is 410 g/mol. The van der Waals surface area contributed by atoms with Crippen molar-refractivity contribution in [1.29, 1.82) is 0 Å². The molecule has 2 heterocycles. The molecular formula is C28H29N3O2. The zero-order valence-corrected chi connectivity index (χ0v) is 18.8. The number of rotatable bonds is 6. The molecule has 0 atom stereocenters. The summed E-state index contributed by atoms with van der Waals surface area (Å²) in [7, 11) is 0. The number of carbonyl (C=O) groups is 2. The lowest BCUT2D eigenvalue weighted by Gasteiger charge is -2.26. The van der Waals surface area contributed by atoms with E-state index in [2.05, 4.69) is 33.7 Å². The Morgan fingerprint density at radius 1 is 1.00 bits per heavy atom. The maximum atomic E-state index is 12.7. The fourth-order valence-electron chi connectivity index (χ4n) is 4.81. The Morgan fingerprint density at radius 2 is 1.82 bits per heavy atom. The van der Waals surface area contributed by atoms with Gasteiger partial charge in [-0.15, -0.1) is 0 Å². The Bertz CT molecular complexity index is 1220. The number of amides is 2. The summed E-state index contributed by atoms with van der Waals surface area (Å²) in [5.74, 6) is -0.105. The second-order valence-corrected chi connectivity index (χ2v) is 8.89. The Balaban J connectivity index is 1.31. The summed E-state index contributed by atoms with van der Waals surface area (Å²) in [6.45, 7) is 3.28. The van der Waals surface area contributed by atoms with Crippen molar-refractivity contribution >= 4 is 45.6 Å². The van der Waals surface area contributed by atoms with Crippen molar-refractivity contribution in [3.05, 3.63) is 71.8 Å². The summed E-state index contributed by atoms with van der Waals surface area (Å²) in [6, 6.07) is 19.9. The van der Waals surface area contributed by atoms with Crippen molar-refractivity contribution < 1.29 is 9.59 Å². The zero-order chi connectivity index (χ0) is 22.6. The summed E-state index contributed by atoms with van der Waals surface area (Å²) in [5, 5.41) is 8.19. The first-order chi connectivity index (χ1) is 16.2. The van der Waals surface area contributed by atoms with Gasteiger partial charge < -0.3 is 15.5 Å². The molecule has 2 N–H and O–H groups in total. The van der Waals surface area contributed by atoms with Gasteiger partial charge >= 0.3 is 0 Å². The first-order valence-corrected chi connectivity index (χ1v) is 11.8. The Labute approximate surface area is 194 Å². The van der Waals surface area contributed by atoms with Crippen LogP contribution in [-0.2, 0) is 9.59 Å². The molecule has 5 nitrogen and oxygen atoms in total. The Kier molecular flexibility index (Phi) is 6.22. The number of hydrogen-bond acceptors (Lipinski definition) is 3. The highest BCUT2D eigenvalue weighted by molar-refractivity contribution is 6.35. The number of carbonyl (C=O) groups excluding carboxylic acids is 2. The molecule has 0 bridgehead atoms. The number of likely N-dealkylation sites (tertiary alicyclic amines) is 1. The van der Waals surface area contributed by atoms with E-state index in [-0.39, 0.29) is 11.8 Å². The lowest BCUT2D eigenvalue weighted by Crippen LogP contribution is -2.31. The van der Waals surface area contributed by atoms with Gasteiger partial charge in [0.1, 0.15) is 0 Å². The SMILES string of the molecule is O=C(CCCN1CCCCC1)Nc1ccc2c(c1)/C(=C\c1cccc3ccccc13)C(=O)N2. The largest absolute Gasteiger partial charge is 0.326 e. The molecule has 0 spiro atoms. The molecule has 1 saturated heterocycles. The molecule has 168 valence electrons. The molecule has 0 saturated carbocycles. The molecule has 0 unspecified atom stereocenters. The van der Waals surface area contributed by atoms with Gasteiger partial charge in [-0.2, -0.15) is 0 Å². The number of hydrogen-bond donors (Lipinski definition) is 2. The fraction of sp³-hybridized carbons (Fsp3) is 0.286. The van der Waals surface area contributed by atoms with E-state index in [1.165, 1.54) is 19.3 Å². The highest BCUT2D eigenvalue weighted by atomic mass is 16.2. The van der Waals surface area contributed by atoms with Crippen LogP contribution in [-0.4, -0.2) is 36.3 Å². The highest BCUT2D eigenvalue weighted by Crippen LogP contribution is 2.36. The van der Waals surface area contributed by atoms with E-state index in [1.54, 1.807) is 0 Å². The predicted molar refractivity (Wildman–Crippen MR) is 135 cm³/mol. The normalized spacial score (nSPS) is 17.2. The molecule has 5 heteroatoms. The summed E-state index contributed by atoms with van der Waals surface area (Å²) in [5.41, 5.74) is 3.92. The molecule has 2 aliphatic rings. The summed E-state index contributed by atoms with van der Waals surface area (Å²) in [4.78, 5) is 27.7. The minimum absolute atomic E-state index is 0.0174. The molecule has 2 aliphatic heterocycles. The first kappa shape index (κ1) is 21.4. The number of piperidine rings is 1. The van der Waals surface area contributed by atoms with E-state index in [4.69, 9.17) is 0 Å². The number of nitrogens with one attached hydrogen (secondary N) is 2. The van der Waals surface area contributed by atoms with Crippen molar-refractivity contribution in [2.24, 2.45) is 0 Å². The van der Waals surface area contributed by atoms with Crippen molar-refractivity contribution in [3.8, 4) is 0 Å². The fourth-order valence-corrected chi connectivity index (χ4v) is 4.81. The molecule has 5 rings (SSSR count). The van der Waals surface area contributed by atoms with Crippen LogP contribution in [0.3, 0.4) is 0 Å². The molecule has 33 heavy (non-hydrogen) atoms. The first-order valence-electron chi connectivity index (χ1n) is 11.8. The maximum Gasteiger partial charge on any atom is 0.256 e. The van der Waals surface area contributed by atoms with Crippen LogP contribution < -0.4 is 10.6 Å². The maximum absolute atomic E-state index is 12.7. The van der Waals surface area contributed by atoms with Crippen LogP contribution in [0.25, 0.3) is 22.4 Å². The third-order valence-corrected chi connectivity index (χ3v) is 6.54. The van der Waals surface area contributed by atoms with Crippen LogP contribution in [0.4, 0.5) is 11.4 Å². The van der Waals surface area contributed by atoms with E-state index in [0.29, 0.717) is 12.0 Å². The summed E-state index contributed by atoms with van der Waals surface area (Å²) < 4.78 is 0. The van der Waals surface area contributed by atoms with Gasteiger partial charge in [0.05, 0.1) is 0 Å². The third kappa shape index (κ3) is 4.83. The average molecular weight is 440 g/mol. The second kappa shape index (κ2) is 9.59. The number of anilines is 2. The van der Waals surface area contributed by atoms with E-state index >= 15 is 0 Å². The summed E-state index contributed by atoms with van der Waals surface area (Å²) in [6.07, 6.45) is 7.16. The monoisotopic (exact) mass is 439 g/mol. The average Bonchev–Trinajstić information content (AvgIpc) is 3.14. The molecule has 2 amide bonds. The van der Waals surface area contributed by atoms with Gasteiger partial charge in [0.25, 0.3) is 5.91 Å². The van der Waals surface area contributed by atoms with Crippen LogP contribution in [0.2, 0.25) is 0 Å². The van der Waals surface area contributed by atoms with Crippen molar-refractivity contribution in [2.75, 3.05) is 30.3 Å². The molecule has 0 radical (unpaired) electrons. The smallest absolute Gasteiger partial charge is 0.256 e. The van der Waals surface area contributed by atoms with E-state index < -0.39 is 0 Å². The summed E-state index contributed by atoms with van der Waals surface area (Å²) >= 11 is 0. The minimum atomic E-state index is -0.122. The van der Waals surface area contributed by atoms with Crippen molar-refractivity contribution in [3.63, 3.8) is 0 Å². The number of fused-ring (bicyclic) bond motifs is 2.